The molecule has 0 radical (unpaired) electrons. The van der Waals surface area contributed by atoms with Gasteiger partial charge in [0, 0.05) is 19.3 Å². The van der Waals surface area contributed by atoms with Crippen LogP contribution < -0.4 is 5.32 Å². The molecule has 1 aliphatic heterocycles. The first-order chi connectivity index (χ1) is 14.8. The highest BCUT2D eigenvalue weighted by molar-refractivity contribution is 7.89. The van der Waals surface area contributed by atoms with Crippen LogP contribution in [0.15, 0.2) is 41.4 Å². The zero-order valence-electron chi connectivity index (χ0n) is 16.5. The molecular formula is C20H21Cl2N3O5S. The van der Waals surface area contributed by atoms with Crippen molar-refractivity contribution in [2.45, 2.75) is 30.6 Å². The average molecular weight is 486 g/mol. The second-order valence-corrected chi connectivity index (χ2v) is 9.70. The number of halogens is 2. The van der Waals surface area contributed by atoms with E-state index in [0.717, 1.165) is 25.7 Å². The maximum atomic E-state index is 13.0. The third-order valence-corrected chi connectivity index (χ3v) is 7.28. The average Bonchev–Trinajstić information content (AvgIpc) is 3.04. The Morgan fingerprint density at radius 3 is 2.42 bits per heavy atom. The third-order valence-electron chi connectivity index (χ3n) is 4.68. The molecule has 1 aliphatic rings. The van der Waals surface area contributed by atoms with Crippen molar-refractivity contribution in [1.82, 2.24) is 9.29 Å². The minimum absolute atomic E-state index is 0.0183. The van der Waals surface area contributed by atoms with E-state index in [1.54, 1.807) is 6.07 Å². The van der Waals surface area contributed by atoms with Crippen LogP contribution in [0.3, 0.4) is 0 Å². The van der Waals surface area contributed by atoms with Gasteiger partial charge in [-0.1, -0.05) is 36.0 Å². The molecule has 0 bridgehead atoms. The van der Waals surface area contributed by atoms with Gasteiger partial charge in [-0.05, 0) is 43.2 Å². The lowest BCUT2D eigenvalue weighted by Crippen LogP contribution is -2.32. The number of pyridine rings is 1. The van der Waals surface area contributed by atoms with Crippen LogP contribution in [0.5, 0.6) is 0 Å². The standard InChI is InChI=1S/C20H21Cl2N3O5S/c21-15-6-8-18(23-12-15)24-19(26)13-30-20(27)14-5-7-16(22)17(11-14)31(28,29)25-9-3-1-2-4-10-25/h5-8,11-12H,1-4,9-10,13H2,(H,23,24,26). The van der Waals surface area contributed by atoms with Crippen molar-refractivity contribution in [3.63, 3.8) is 0 Å². The Balaban J connectivity index is 1.67. The summed E-state index contributed by atoms with van der Waals surface area (Å²) in [7, 11) is -3.85. The van der Waals surface area contributed by atoms with Gasteiger partial charge >= 0.3 is 5.97 Å². The SMILES string of the molecule is O=C(COC(=O)c1ccc(Cl)c(S(=O)(=O)N2CCCCCC2)c1)Nc1ccc(Cl)cn1. The number of hydrogen-bond donors (Lipinski definition) is 1. The molecule has 1 fully saturated rings. The number of aromatic nitrogens is 1. The summed E-state index contributed by atoms with van der Waals surface area (Å²) in [6.45, 7) is 0.248. The van der Waals surface area contributed by atoms with E-state index in [-0.39, 0.29) is 21.3 Å². The molecule has 0 spiro atoms. The topological polar surface area (TPSA) is 106 Å². The van der Waals surface area contributed by atoms with Gasteiger partial charge in [0.2, 0.25) is 10.0 Å². The van der Waals surface area contributed by atoms with Gasteiger partial charge in [0.05, 0.1) is 15.6 Å². The Bertz CT molecular complexity index is 1050. The number of hydrogen-bond acceptors (Lipinski definition) is 6. The number of benzene rings is 1. The molecule has 1 aromatic heterocycles. The Kier molecular flexibility index (Phi) is 7.88. The van der Waals surface area contributed by atoms with E-state index in [4.69, 9.17) is 27.9 Å². The van der Waals surface area contributed by atoms with Gasteiger partial charge in [0.15, 0.2) is 6.61 Å². The summed E-state index contributed by atoms with van der Waals surface area (Å²) < 4.78 is 32.5. The molecule has 1 aromatic carbocycles. The van der Waals surface area contributed by atoms with Crippen LogP contribution in [0.4, 0.5) is 5.82 Å². The van der Waals surface area contributed by atoms with Crippen LogP contribution >= 0.6 is 23.2 Å². The lowest BCUT2D eigenvalue weighted by molar-refractivity contribution is -0.119. The summed E-state index contributed by atoms with van der Waals surface area (Å²) in [4.78, 5) is 28.1. The second kappa shape index (κ2) is 10.4. The molecule has 0 saturated carbocycles. The zero-order valence-corrected chi connectivity index (χ0v) is 18.8. The number of sulfonamides is 1. The number of rotatable bonds is 6. The molecule has 166 valence electrons. The Morgan fingerprint density at radius 1 is 1.06 bits per heavy atom. The van der Waals surface area contributed by atoms with E-state index in [9.17, 15) is 18.0 Å². The summed E-state index contributed by atoms with van der Waals surface area (Å²) in [6.07, 6.45) is 4.86. The quantitative estimate of drug-likeness (QED) is 0.624. The van der Waals surface area contributed by atoms with Crippen molar-refractivity contribution in [1.29, 1.82) is 0 Å². The fraction of sp³-hybridized carbons (Fsp3) is 0.350. The van der Waals surface area contributed by atoms with Crippen molar-refractivity contribution in [2.24, 2.45) is 0 Å². The summed E-state index contributed by atoms with van der Waals surface area (Å²) in [5.41, 5.74) is -0.0183. The number of nitrogens with zero attached hydrogens (tertiary/aromatic N) is 2. The molecule has 3 rings (SSSR count). The first-order valence-corrected chi connectivity index (χ1v) is 11.9. The highest BCUT2D eigenvalue weighted by Crippen LogP contribution is 2.28. The number of ether oxygens (including phenoxy) is 1. The van der Waals surface area contributed by atoms with Gasteiger partial charge in [-0.3, -0.25) is 4.79 Å². The maximum Gasteiger partial charge on any atom is 0.338 e. The molecule has 31 heavy (non-hydrogen) atoms. The summed E-state index contributed by atoms with van der Waals surface area (Å²) in [5.74, 6) is -1.19. The monoisotopic (exact) mass is 485 g/mol. The van der Waals surface area contributed by atoms with E-state index >= 15 is 0 Å². The zero-order chi connectivity index (χ0) is 22.4. The molecule has 0 unspecified atom stereocenters. The smallest absolute Gasteiger partial charge is 0.338 e. The van der Waals surface area contributed by atoms with E-state index in [1.165, 1.54) is 34.8 Å². The fourth-order valence-electron chi connectivity index (χ4n) is 3.09. The van der Waals surface area contributed by atoms with Gasteiger partial charge in [-0.2, -0.15) is 4.31 Å². The van der Waals surface area contributed by atoms with Crippen molar-refractivity contribution >= 4 is 50.9 Å². The Hall–Kier alpha value is -2.20. The second-order valence-electron chi connectivity index (χ2n) is 6.95. The summed E-state index contributed by atoms with van der Waals surface area (Å²) >= 11 is 11.9. The lowest BCUT2D eigenvalue weighted by Gasteiger charge is -2.21. The van der Waals surface area contributed by atoms with Crippen molar-refractivity contribution < 1.29 is 22.7 Å². The highest BCUT2D eigenvalue weighted by Gasteiger charge is 2.28. The molecule has 1 saturated heterocycles. The number of carbonyl (C=O) groups excluding carboxylic acids is 2. The van der Waals surface area contributed by atoms with Crippen molar-refractivity contribution in [2.75, 3.05) is 25.0 Å². The predicted octanol–water partition coefficient (Wildman–Crippen LogP) is 3.75. The number of carbonyl (C=O) groups is 2. The normalized spacial score (nSPS) is 15.2. The van der Waals surface area contributed by atoms with Crippen LogP contribution in [0.1, 0.15) is 36.0 Å². The van der Waals surface area contributed by atoms with Crippen molar-refractivity contribution in [3.8, 4) is 0 Å². The number of amides is 1. The van der Waals surface area contributed by atoms with Crippen LogP contribution in [0, 0.1) is 0 Å². The van der Waals surface area contributed by atoms with Crippen LogP contribution in [0.25, 0.3) is 0 Å². The minimum Gasteiger partial charge on any atom is -0.452 e. The summed E-state index contributed by atoms with van der Waals surface area (Å²) in [5, 5.41) is 2.90. The maximum absolute atomic E-state index is 13.0. The molecule has 2 aromatic rings. The number of esters is 1. The molecule has 2 heterocycles. The minimum atomic E-state index is -3.85. The molecule has 0 aliphatic carbocycles. The fourth-order valence-corrected chi connectivity index (χ4v) is 5.22. The number of nitrogens with one attached hydrogen (secondary N) is 1. The molecule has 11 heteroatoms. The van der Waals surface area contributed by atoms with E-state index < -0.39 is 28.5 Å². The first kappa shape index (κ1) is 23.5. The van der Waals surface area contributed by atoms with Gasteiger partial charge < -0.3 is 10.1 Å². The van der Waals surface area contributed by atoms with Gasteiger partial charge in [-0.15, -0.1) is 0 Å². The van der Waals surface area contributed by atoms with E-state index in [0.29, 0.717) is 18.1 Å². The van der Waals surface area contributed by atoms with Crippen molar-refractivity contribution in [3.05, 3.63) is 52.1 Å². The Labute approximate surface area is 190 Å². The van der Waals surface area contributed by atoms with Gasteiger partial charge in [-0.25, -0.2) is 18.2 Å². The summed E-state index contributed by atoms with van der Waals surface area (Å²) in [6, 6.07) is 6.92. The molecule has 1 N–H and O–H groups in total. The molecule has 1 amide bonds. The molecule has 8 nitrogen and oxygen atoms in total. The van der Waals surface area contributed by atoms with Crippen LogP contribution in [-0.2, 0) is 19.6 Å². The van der Waals surface area contributed by atoms with Crippen LogP contribution in [0.2, 0.25) is 10.0 Å². The third kappa shape index (κ3) is 6.16. The largest absolute Gasteiger partial charge is 0.452 e. The Morgan fingerprint density at radius 2 is 1.77 bits per heavy atom. The highest BCUT2D eigenvalue weighted by atomic mass is 35.5. The molecule has 0 atom stereocenters. The number of anilines is 1. The lowest BCUT2D eigenvalue weighted by atomic mass is 10.2. The first-order valence-electron chi connectivity index (χ1n) is 9.65. The van der Waals surface area contributed by atoms with E-state index in [1.807, 2.05) is 0 Å². The molecular weight excluding hydrogens is 465 g/mol. The van der Waals surface area contributed by atoms with E-state index in [2.05, 4.69) is 10.3 Å². The van der Waals surface area contributed by atoms with Gasteiger partial charge in [0.1, 0.15) is 10.7 Å². The van der Waals surface area contributed by atoms with Gasteiger partial charge in [0.25, 0.3) is 5.91 Å². The van der Waals surface area contributed by atoms with Crippen LogP contribution in [-0.4, -0.2) is 49.3 Å². The predicted molar refractivity (Wildman–Crippen MR) is 117 cm³/mol.